The number of hydrogen-bond donors (Lipinski definition) is 2. The first kappa shape index (κ1) is 17.1. The summed E-state index contributed by atoms with van der Waals surface area (Å²) in [6, 6.07) is 5.24. The maximum atomic E-state index is 12.1. The van der Waals surface area contributed by atoms with Crippen LogP contribution in [0.25, 0.3) is 0 Å². The molecule has 1 aromatic carbocycles. The fraction of sp³-hybridized carbons (Fsp3) is 0.286. The molecule has 0 aliphatic heterocycles. The summed E-state index contributed by atoms with van der Waals surface area (Å²) in [5, 5.41) is 5.66. The average Bonchev–Trinajstić information content (AvgIpc) is 2.99. The molecule has 2 rings (SSSR count). The van der Waals surface area contributed by atoms with Gasteiger partial charge in [0.2, 0.25) is 0 Å². The first-order valence-corrected chi connectivity index (χ1v) is 7.53. The van der Waals surface area contributed by atoms with E-state index in [1.54, 1.807) is 17.5 Å². The van der Waals surface area contributed by atoms with E-state index in [1.807, 2.05) is 12.3 Å². The summed E-state index contributed by atoms with van der Waals surface area (Å²) in [5.41, 5.74) is 6.27. The van der Waals surface area contributed by atoms with Crippen molar-refractivity contribution < 1.29 is 17.9 Å². The Balaban J connectivity index is 1.89. The molecule has 3 N–H and O–H groups in total. The number of halogens is 3. The second kappa shape index (κ2) is 7.32. The zero-order chi connectivity index (χ0) is 16.9. The number of anilines is 1. The average molecular weight is 344 g/mol. The van der Waals surface area contributed by atoms with E-state index in [-0.39, 0.29) is 17.6 Å². The van der Waals surface area contributed by atoms with Crippen LogP contribution in [0.4, 0.5) is 18.9 Å². The number of thiazole rings is 1. The standard InChI is InChI=1S/C14H15F3N4OS/c1-9(12-19-6-7-23-12)8-20-13(18)21-10-2-4-11(5-3-10)22-14(15,16)17/h2-7,9H,8H2,1H3,(H3,18,20,21). The molecule has 0 aliphatic rings. The van der Waals surface area contributed by atoms with Crippen LogP contribution in [0.3, 0.4) is 0 Å². The lowest BCUT2D eigenvalue weighted by molar-refractivity contribution is -0.274. The van der Waals surface area contributed by atoms with Gasteiger partial charge in [0.1, 0.15) is 5.75 Å². The summed E-state index contributed by atoms with van der Waals surface area (Å²) in [7, 11) is 0. The number of alkyl halides is 3. The highest BCUT2D eigenvalue weighted by molar-refractivity contribution is 7.09. The number of rotatable bonds is 5. The molecule has 124 valence electrons. The van der Waals surface area contributed by atoms with E-state index in [0.717, 1.165) is 5.01 Å². The lowest BCUT2D eigenvalue weighted by Crippen LogP contribution is -2.23. The Morgan fingerprint density at radius 3 is 2.65 bits per heavy atom. The first-order chi connectivity index (χ1) is 10.8. The zero-order valence-electron chi connectivity index (χ0n) is 12.2. The van der Waals surface area contributed by atoms with Gasteiger partial charge in [0, 0.05) is 23.2 Å². The van der Waals surface area contributed by atoms with Crippen LogP contribution in [0.2, 0.25) is 0 Å². The lowest BCUT2D eigenvalue weighted by atomic mass is 10.2. The zero-order valence-corrected chi connectivity index (χ0v) is 13.0. The Kier molecular flexibility index (Phi) is 5.43. The number of ether oxygens (including phenoxy) is 1. The van der Waals surface area contributed by atoms with E-state index in [1.165, 1.54) is 24.3 Å². The summed E-state index contributed by atoms with van der Waals surface area (Å²) in [6.07, 6.45) is -2.98. The summed E-state index contributed by atoms with van der Waals surface area (Å²) < 4.78 is 40.0. The molecule has 1 aromatic heterocycles. The first-order valence-electron chi connectivity index (χ1n) is 6.65. The van der Waals surface area contributed by atoms with Crippen molar-refractivity contribution in [2.45, 2.75) is 19.2 Å². The number of nitrogens with zero attached hydrogens (tertiary/aromatic N) is 2. The van der Waals surface area contributed by atoms with Crippen LogP contribution in [0, 0.1) is 0 Å². The van der Waals surface area contributed by atoms with Crippen molar-refractivity contribution in [2.24, 2.45) is 10.7 Å². The minimum atomic E-state index is -4.71. The van der Waals surface area contributed by atoms with Crippen molar-refractivity contribution in [1.29, 1.82) is 0 Å². The van der Waals surface area contributed by atoms with E-state index in [4.69, 9.17) is 5.73 Å². The van der Waals surface area contributed by atoms with Crippen molar-refractivity contribution in [3.63, 3.8) is 0 Å². The van der Waals surface area contributed by atoms with Gasteiger partial charge in [0.15, 0.2) is 5.96 Å². The summed E-state index contributed by atoms with van der Waals surface area (Å²) in [4.78, 5) is 8.40. The predicted octanol–water partition coefficient (Wildman–Crippen LogP) is 3.57. The van der Waals surface area contributed by atoms with Crippen molar-refractivity contribution in [3.05, 3.63) is 40.8 Å². The third-order valence-electron chi connectivity index (χ3n) is 2.77. The number of hydrogen-bond acceptors (Lipinski definition) is 4. The molecule has 0 radical (unpaired) electrons. The van der Waals surface area contributed by atoms with Gasteiger partial charge in [-0.1, -0.05) is 6.92 Å². The number of aliphatic imine (C=N–C) groups is 1. The predicted molar refractivity (Wildman–Crippen MR) is 83.8 cm³/mol. The molecule has 0 saturated carbocycles. The number of benzene rings is 1. The molecule has 0 fully saturated rings. The Morgan fingerprint density at radius 2 is 2.09 bits per heavy atom. The van der Waals surface area contributed by atoms with Crippen LogP contribution < -0.4 is 15.8 Å². The number of nitrogens with two attached hydrogens (primary N) is 1. The number of nitrogens with one attached hydrogen (secondary N) is 1. The monoisotopic (exact) mass is 344 g/mol. The van der Waals surface area contributed by atoms with Gasteiger partial charge in [-0.05, 0) is 24.3 Å². The van der Waals surface area contributed by atoms with E-state index < -0.39 is 6.36 Å². The smallest absolute Gasteiger partial charge is 0.406 e. The van der Waals surface area contributed by atoms with Crippen molar-refractivity contribution in [3.8, 4) is 5.75 Å². The highest BCUT2D eigenvalue weighted by Crippen LogP contribution is 2.24. The Bertz CT molecular complexity index is 641. The maximum absolute atomic E-state index is 12.1. The molecule has 1 unspecified atom stereocenters. The molecular weight excluding hydrogens is 329 g/mol. The van der Waals surface area contributed by atoms with E-state index in [9.17, 15) is 13.2 Å². The van der Waals surface area contributed by atoms with Crippen molar-refractivity contribution >= 4 is 23.0 Å². The summed E-state index contributed by atoms with van der Waals surface area (Å²) in [6.45, 7) is 2.44. The minimum Gasteiger partial charge on any atom is -0.406 e. The van der Waals surface area contributed by atoms with Gasteiger partial charge in [-0.3, -0.25) is 4.99 Å². The third-order valence-corrected chi connectivity index (χ3v) is 3.78. The Hall–Kier alpha value is -2.29. The molecule has 9 heteroatoms. The summed E-state index contributed by atoms with van der Waals surface area (Å²) >= 11 is 1.55. The van der Waals surface area contributed by atoms with E-state index in [0.29, 0.717) is 12.2 Å². The number of aromatic nitrogens is 1. The quantitative estimate of drug-likeness (QED) is 0.642. The topological polar surface area (TPSA) is 72.5 Å². The molecule has 0 aliphatic carbocycles. The second-order valence-electron chi connectivity index (χ2n) is 4.69. The van der Waals surface area contributed by atoms with Crippen LogP contribution in [-0.2, 0) is 0 Å². The Labute approximate surface area is 135 Å². The van der Waals surface area contributed by atoms with Gasteiger partial charge in [-0.25, -0.2) is 4.98 Å². The maximum Gasteiger partial charge on any atom is 0.573 e. The SMILES string of the molecule is CC(CN=C(N)Nc1ccc(OC(F)(F)F)cc1)c1nccs1. The fourth-order valence-electron chi connectivity index (χ4n) is 1.72. The van der Waals surface area contributed by atoms with Crippen molar-refractivity contribution in [2.75, 3.05) is 11.9 Å². The van der Waals surface area contributed by atoms with Crippen molar-refractivity contribution in [1.82, 2.24) is 4.98 Å². The van der Waals surface area contributed by atoms with Crippen LogP contribution in [0.1, 0.15) is 17.8 Å². The number of guanidine groups is 1. The second-order valence-corrected chi connectivity index (χ2v) is 5.62. The summed E-state index contributed by atoms with van der Waals surface area (Å²) in [5.74, 6) is 0.0201. The highest BCUT2D eigenvalue weighted by Gasteiger charge is 2.30. The van der Waals surface area contributed by atoms with Gasteiger partial charge >= 0.3 is 6.36 Å². The van der Waals surface area contributed by atoms with Gasteiger partial charge < -0.3 is 15.8 Å². The van der Waals surface area contributed by atoms with Gasteiger partial charge in [-0.15, -0.1) is 24.5 Å². The molecule has 0 bridgehead atoms. The third kappa shape index (κ3) is 5.78. The molecular formula is C14H15F3N4OS. The van der Waals surface area contributed by atoms with Crippen LogP contribution >= 0.6 is 11.3 Å². The van der Waals surface area contributed by atoms with E-state index >= 15 is 0 Å². The Morgan fingerprint density at radius 1 is 1.39 bits per heavy atom. The van der Waals surface area contributed by atoms with Gasteiger partial charge in [0.05, 0.1) is 11.6 Å². The lowest BCUT2D eigenvalue weighted by Gasteiger charge is -2.10. The molecule has 2 aromatic rings. The van der Waals surface area contributed by atoms with Gasteiger partial charge in [-0.2, -0.15) is 0 Å². The van der Waals surface area contributed by atoms with E-state index in [2.05, 4.69) is 20.0 Å². The molecule has 1 atom stereocenters. The molecule has 0 saturated heterocycles. The molecule has 23 heavy (non-hydrogen) atoms. The minimum absolute atomic E-state index is 0.137. The normalized spacial score (nSPS) is 13.7. The molecule has 0 spiro atoms. The highest BCUT2D eigenvalue weighted by atomic mass is 32.1. The fourth-order valence-corrected chi connectivity index (χ4v) is 2.41. The van der Waals surface area contributed by atoms with Crippen LogP contribution in [0.5, 0.6) is 5.75 Å². The molecule has 5 nitrogen and oxygen atoms in total. The van der Waals surface area contributed by atoms with Crippen LogP contribution in [-0.4, -0.2) is 23.9 Å². The molecule has 0 amide bonds. The molecule has 1 heterocycles. The van der Waals surface area contributed by atoms with Crippen LogP contribution in [0.15, 0.2) is 40.8 Å². The largest absolute Gasteiger partial charge is 0.573 e. The van der Waals surface area contributed by atoms with Gasteiger partial charge in [0.25, 0.3) is 0 Å².